The van der Waals surface area contributed by atoms with Crippen LogP contribution in [0.1, 0.15) is 12.8 Å². The number of sulfonamides is 1. The second-order valence-electron chi connectivity index (χ2n) is 5.26. The van der Waals surface area contributed by atoms with Crippen molar-refractivity contribution in [3.8, 4) is 0 Å². The molecule has 1 fully saturated rings. The molecule has 20 heavy (non-hydrogen) atoms. The van der Waals surface area contributed by atoms with Gasteiger partial charge >= 0.3 is 0 Å². The molecule has 0 saturated carbocycles. The number of hydrogen-bond donors (Lipinski definition) is 1. The molecule has 0 aliphatic carbocycles. The SMILES string of the molecule is CN(C)C1CCN(S(=O)(=O)c2c(N)cccc2Cl)CC1. The average Bonchev–Trinajstić information content (AvgIpc) is 2.38. The highest BCUT2D eigenvalue weighted by Crippen LogP contribution is 2.31. The van der Waals surface area contributed by atoms with Gasteiger partial charge in [0.1, 0.15) is 4.90 Å². The van der Waals surface area contributed by atoms with E-state index in [4.69, 9.17) is 17.3 Å². The van der Waals surface area contributed by atoms with E-state index in [0.29, 0.717) is 19.1 Å². The van der Waals surface area contributed by atoms with Crippen LogP contribution in [0, 0.1) is 0 Å². The highest BCUT2D eigenvalue weighted by Gasteiger charge is 2.32. The molecule has 7 heteroatoms. The van der Waals surface area contributed by atoms with Crippen LogP contribution in [-0.4, -0.2) is 50.8 Å². The maximum Gasteiger partial charge on any atom is 0.246 e. The van der Waals surface area contributed by atoms with E-state index in [1.54, 1.807) is 18.2 Å². The van der Waals surface area contributed by atoms with Gasteiger partial charge in [-0.25, -0.2) is 8.42 Å². The van der Waals surface area contributed by atoms with Gasteiger partial charge in [-0.1, -0.05) is 17.7 Å². The molecule has 0 spiro atoms. The summed E-state index contributed by atoms with van der Waals surface area (Å²) in [7, 11) is 0.415. The lowest BCUT2D eigenvalue weighted by Gasteiger charge is -2.34. The Balaban J connectivity index is 2.25. The number of nitrogen functional groups attached to an aromatic ring is 1. The van der Waals surface area contributed by atoms with Gasteiger partial charge in [-0.3, -0.25) is 0 Å². The fourth-order valence-electron chi connectivity index (χ4n) is 2.53. The summed E-state index contributed by atoms with van der Waals surface area (Å²) in [4.78, 5) is 2.17. The van der Waals surface area contributed by atoms with E-state index in [1.807, 2.05) is 14.1 Å². The van der Waals surface area contributed by atoms with Gasteiger partial charge in [-0.2, -0.15) is 4.31 Å². The summed E-state index contributed by atoms with van der Waals surface area (Å²) < 4.78 is 26.8. The lowest BCUT2D eigenvalue weighted by atomic mass is 10.1. The molecular formula is C13H20ClN3O2S. The summed E-state index contributed by atoms with van der Waals surface area (Å²) in [5, 5.41) is 0.180. The maximum atomic E-state index is 12.7. The van der Waals surface area contributed by atoms with Gasteiger partial charge in [-0.15, -0.1) is 0 Å². The lowest BCUT2D eigenvalue weighted by molar-refractivity contribution is 0.196. The van der Waals surface area contributed by atoms with Crippen molar-refractivity contribution in [3.05, 3.63) is 23.2 Å². The van der Waals surface area contributed by atoms with E-state index in [2.05, 4.69) is 4.90 Å². The third-order valence-corrected chi connectivity index (χ3v) is 6.19. The number of nitrogens with two attached hydrogens (primary N) is 1. The Labute approximate surface area is 125 Å². The number of hydrogen-bond acceptors (Lipinski definition) is 4. The van der Waals surface area contributed by atoms with Gasteiger partial charge in [0.05, 0.1) is 10.7 Å². The summed E-state index contributed by atoms with van der Waals surface area (Å²) in [6, 6.07) is 5.18. The van der Waals surface area contributed by atoms with E-state index in [9.17, 15) is 8.42 Å². The molecule has 1 saturated heterocycles. The Bertz CT molecular complexity index is 561. The second kappa shape index (κ2) is 5.89. The molecule has 0 bridgehead atoms. The molecule has 5 nitrogen and oxygen atoms in total. The first-order chi connectivity index (χ1) is 9.34. The second-order valence-corrected chi connectivity index (χ2v) is 7.54. The Morgan fingerprint density at radius 1 is 1.30 bits per heavy atom. The lowest BCUT2D eigenvalue weighted by Crippen LogP contribution is -2.44. The number of piperidine rings is 1. The fourth-order valence-corrected chi connectivity index (χ4v) is 4.63. The Kier molecular flexibility index (Phi) is 4.59. The van der Waals surface area contributed by atoms with Crippen molar-refractivity contribution in [2.45, 2.75) is 23.8 Å². The molecule has 1 aromatic carbocycles. The van der Waals surface area contributed by atoms with Crippen molar-refractivity contribution in [1.82, 2.24) is 9.21 Å². The number of rotatable bonds is 3. The molecular weight excluding hydrogens is 298 g/mol. The largest absolute Gasteiger partial charge is 0.398 e. The van der Waals surface area contributed by atoms with Gasteiger partial charge in [0.15, 0.2) is 0 Å². The third-order valence-electron chi connectivity index (χ3n) is 3.75. The van der Waals surface area contributed by atoms with Crippen molar-refractivity contribution in [1.29, 1.82) is 0 Å². The molecule has 1 aliphatic heterocycles. The van der Waals surface area contributed by atoms with Gasteiger partial charge in [0.25, 0.3) is 0 Å². The molecule has 112 valence electrons. The number of halogens is 1. The van der Waals surface area contributed by atoms with Crippen molar-refractivity contribution in [3.63, 3.8) is 0 Å². The predicted octanol–water partition coefficient (Wildman–Crippen LogP) is 1.64. The van der Waals surface area contributed by atoms with Crippen LogP contribution >= 0.6 is 11.6 Å². The van der Waals surface area contributed by atoms with Crippen LogP contribution in [0.5, 0.6) is 0 Å². The molecule has 2 N–H and O–H groups in total. The summed E-state index contributed by atoms with van der Waals surface area (Å²) in [5.41, 5.74) is 5.99. The van der Waals surface area contributed by atoms with Crippen molar-refractivity contribution in [2.75, 3.05) is 32.9 Å². The van der Waals surface area contributed by atoms with Crippen LogP contribution in [0.25, 0.3) is 0 Å². The van der Waals surface area contributed by atoms with Gasteiger partial charge in [-0.05, 0) is 39.1 Å². The zero-order valence-corrected chi connectivity index (χ0v) is 13.3. The van der Waals surface area contributed by atoms with Crippen LogP contribution in [0.2, 0.25) is 5.02 Å². The minimum atomic E-state index is -3.61. The number of benzene rings is 1. The molecule has 0 atom stereocenters. The zero-order valence-electron chi connectivity index (χ0n) is 11.7. The zero-order chi connectivity index (χ0) is 14.9. The Morgan fingerprint density at radius 3 is 2.40 bits per heavy atom. The average molecular weight is 318 g/mol. The fraction of sp³-hybridized carbons (Fsp3) is 0.538. The minimum absolute atomic E-state index is 0.0324. The maximum absolute atomic E-state index is 12.7. The molecule has 1 aromatic rings. The van der Waals surface area contributed by atoms with Gasteiger partial charge in [0, 0.05) is 19.1 Å². The molecule has 0 unspecified atom stereocenters. The topological polar surface area (TPSA) is 66.6 Å². The third kappa shape index (κ3) is 2.93. The monoisotopic (exact) mass is 317 g/mol. The minimum Gasteiger partial charge on any atom is -0.398 e. The molecule has 1 aliphatic rings. The van der Waals surface area contributed by atoms with E-state index >= 15 is 0 Å². The van der Waals surface area contributed by atoms with Gasteiger partial charge < -0.3 is 10.6 Å². The summed E-state index contributed by atoms with van der Waals surface area (Å²) in [6.07, 6.45) is 1.63. The highest BCUT2D eigenvalue weighted by molar-refractivity contribution is 7.89. The summed E-state index contributed by atoms with van der Waals surface area (Å²) in [6.45, 7) is 0.992. The summed E-state index contributed by atoms with van der Waals surface area (Å²) in [5.74, 6) is 0. The standard InChI is InChI=1S/C13H20ClN3O2S/c1-16(2)10-6-8-17(9-7-10)20(18,19)13-11(14)4-3-5-12(13)15/h3-5,10H,6-9,15H2,1-2H3. The van der Waals surface area contributed by atoms with Crippen LogP contribution in [0.15, 0.2) is 23.1 Å². The van der Waals surface area contributed by atoms with Crippen LogP contribution in [-0.2, 0) is 10.0 Å². The summed E-state index contributed by atoms with van der Waals surface area (Å²) >= 11 is 6.02. The number of anilines is 1. The van der Waals surface area contributed by atoms with Crippen molar-refractivity contribution < 1.29 is 8.42 Å². The number of nitrogens with zero attached hydrogens (tertiary/aromatic N) is 2. The molecule has 0 aromatic heterocycles. The first-order valence-electron chi connectivity index (χ1n) is 6.54. The van der Waals surface area contributed by atoms with E-state index < -0.39 is 10.0 Å². The van der Waals surface area contributed by atoms with E-state index in [0.717, 1.165) is 12.8 Å². The van der Waals surface area contributed by atoms with E-state index in [-0.39, 0.29) is 15.6 Å². The van der Waals surface area contributed by atoms with Crippen molar-refractivity contribution >= 4 is 27.3 Å². The normalized spacial score (nSPS) is 18.6. The molecule has 0 amide bonds. The first-order valence-corrected chi connectivity index (χ1v) is 8.36. The highest BCUT2D eigenvalue weighted by atomic mass is 35.5. The first kappa shape index (κ1) is 15.6. The van der Waals surface area contributed by atoms with E-state index in [1.165, 1.54) is 4.31 Å². The molecule has 0 radical (unpaired) electrons. The smallest absolute Gasteiger partial charge is 0.246 e. The van der Waals surface area contributed by atoms with Crippen molar-refractivity contribution in [2.24, 2.45) is 0 Å². The van der Waals surface area contributed by atoms with Crippen LogP contribution in [0.4, 0.5) is 5.69 Å². The quantitative estimate of drug-likeness (QED) is 0.861. The Morgan fingerprint density at radius 2 is 1.90 bits per heavy atom. The van der Waals surface area contributed by atoms with Gasteiger partial charge in [0.2, 0.25) is 10.0 Å². The van der Waals surface area contributed by atoms with Crippen LogP contribution in [0.3, 0.4) is 0 Å². The predicted molar refractivity (Wildman–Crippen MR) is 81.3 cm³/mol. The van der Waals surface area contributed by atoms with Crippen LogP contribution < -0.4 is 5.73 Å². The molecule has 1 heterocycles. The molecule has 2 rings (SSSR count). The Hall–Kier alpha value is -0.820.